The van der Waals surface area contributed by atoms with Gasteiger partial charge in [-0.15, -0.1) is 0 Å². The van der Waals surface area contributed by atoms with E-state index in [0.717, 1.165) is 46.7 Å². The number of H-pyrrole nitrogens is 1. The molecule has 6 rings (SSSR count). The second kappa shape index (κ2) is 7.20. The summed E-state index contributed by atoms with van der Waals surface area (Å²) in [6.07, 6.45) is 10.7. The molecule has 1 saturated carbocycles. The van der Waals surface area contributed by atoms with Crippen molar-refractivity contribution < 1.29 is 4.79 Å². The first kappa shape index (κ1) is 18.6. The minimum atomic E-state index is -0.0117. The molecule has 3 aromatic heterocycles. The van der Waals surface area contributed by atoms with Crippen molar-refractivity contribution >= 4 is 22.5 Å². The van der Waals surface area contributed by atoms with Crippen molar-refractivity contribution in [3.8, 4) is 11.3 Å². The Morgan fingerprint density at radius 2 is 2.06 bits per heavy atom. The number of imidazole rings is 1. The van der Waals surface area contributed by atoms with Gasteiger partial charge in [-0.25, -0.2) is 4.98 Å². The molecule has 1 aliphatic heterocycles. The number of likely N-dealkylation sites (N-methyl/N-ethyl adjacent to an activating group) is 1. The van der Waals surface area contributed by atoms with Gasteiger partial charge < -0.3 is 14.6 Å². The van der Waals surface area contributed by atoms with Crippen LogP contribution >= 0.6 is 0 Å². The lowest BCUT2D eigenvalue weighted by molar-refractivity contribution is 0.0870. The topological polar surface area (TPSA) is 78.3 Å². The lowest BCUT2D eigenvalue weighted by Crippen LogP contribution is -2.50. The minimum absolute atomic E-state index is 0.0117. The Morgan fingerprint density at radius 1 is 1.16 bits per heavy atom. The maximum absolute atomic E-state index is 13.0. The summed E-state index contributed by atoms with van der Waals surface area (Å²) in [7, 11) is 2.20. The first-order valence-electron chi connectivity index (χ1n) is 11.1. The number of hydrogen-bond acceptors (Lipinski definition) is 4. The number of rotatable bonds is 4. The van der Waals surface area contributed by atoms with Crippen molar-refractivity contribution in [2.45, 2.75) is 37.8 Å². The molecule has 0 spiro atoms. The fraction of sp³-hybridized carbons (Fsp3) is 0.375. The molecule has 2 aliphatic rings. The monoisotopic (exact) mass is 414 g/mol. The number of carbonyl (C=O) groups is 1. The highest BCUT2D eigenvalue weighted by Gasteiger charge is 2.37. The third-order valence-corrected chi connectivity index (χ3v) is 6.87. The van der Waals surface area contributed by atoms with E-state index in [1.807, 2.05) is 47.1 Å². The number of aromatic nitrogens is 4. The predicted molar refractivity (Wildman–Crippen MR) is 120 cm³/mol. The molecular weight excluding hydrogens is 388 g/mol. The maximum Gasteiger partial charge on any atom is 0.251 e. The van der Waals surface area contributed by atoms with Crippen LogP contribution in [0.25, 0.3) is 27.8 Å². The number of piperidine rings is 1. The van der Waals surface area contributed by atoms with E-state index in [-0.39, 0.29) is 11.9 Å². The summed E-state index contributed by atoms with van der Waals surface area (Å²) < 4.78 is 1.97. The van der Waals surface area contributed by atoms with Gasteiger partial charge in [-0.3, -0.25) is 9.89 Å². The van der Waals surface area contributed by atoms with Gasteiger partial charge in [0.1, 0.15) is 11.3 Å². The third kappa shape index (κ3) is 3.39. The van der Waals surface area contributed by atoms with Crippen LogP contribution in [0, 0.1) is 5.92 Å². The number of amides is 1. The molecule has 0 radical (unpaired) electrons. The van der Waals surface area contributed by atoms with Crippen LogP contribution in [0.4, 0.5) is 0 Å². The average molecular weight is 415 g/mol. The van der Waals surface area contributed by atoms with Gasteiger partial charge >= 0.3 is 0 Å². The van der Waals surface area contributed by atoms with Gasteiger partial charge in [-0.2, -0.15) is 5.10 Å². The van der Waals surface area contributed by atoms with Crippen LogP contribution in [0.2, 0.25) is 0 Å². The smallest absolute Gasteiger partial charge is 0.251 e. The molecule has 31 heavy (non-hydrogen) atoms. The van der Waals surface area contributed by atoms with Crippen molar-refractivity contribution in [1.29, 1.82) is 0 Å². The molecule has 1 aromatic carbocycles. The summed E-state index contributed by atoms with van der Waals surface area (Å²) in [5.74, 6) is 0.868. The van der Waals surface area contributed by atoms with E-state index < -0.39 is 0 Å². The second-order valence-corrected chi connectivity index (χ2v) is 9.04. The minimum Gasteiger partial charge on any atom is -0.348 e. The number of benzene rings is 1. The van der Waals surface area contributed by atoms with Crippen LogP contribution < -0.4 is 5.32 Å². The molecule has 158 valence electrons. The fourth-order valence-corrected chi connectivity index (χ4v) is 5.07. The number of aromatic amines is 1. The van der Waals surface area contributed by atoms with E-state index in [9.17, 15) is 4.79 Å². The van der Waals surface area contributed by atoms with Crippen molar-refractivity contribution in [1.82, 2.24) is 29.8 Å². The highest BCUT2D eigenvalue weighted by Crippen LogP contribution is 2.38. The summed E-state index contributed by atoms with van der Waals surface area (Å²) in [6, 6.07) is 10.6. The first-order valence-corrected chi connectivity index (χ1v) is 11.1. The molecule has 2 unspecified atom stereocenters. The molecule has 1 saturated heterocycles. The molecule has 2 N–H and O–H groups in total. The molecule has 2 fully saturated rings. The predicted octanol–water partition coefficient (Wildman–Crippen LogP) is 3.48. The zero-order chi connectivity index (χ0) is 20.9. The Kier molecular flexibility index (Phi) is 4.31. The Hall–Kier alpha value is -3.19. The zero-order valence-electron chi connectivity index (χ0n) is 17.6. The van der Waals surface area contributed by atoms with E-state index in [2.05, 4.69) is 32.4 Å². The second-order valence-electron chi connectivity index (χ2n) is 9.04. The highest BCUT2D eigenvalue weighted by atomic mass is 16.1. The molecule has 0 bridgehead atoms. The quantitative estimate of drug-likeness (QED) is 0.536. The third-order valence-electron chi connectivity index (χ3n) is 6.87. The van der Waals surface area contributed by atoms with Crippen molar-refractivity contribution in [2.75, 3.05) is 13.6 Å². The van der Waals surface area contributed by atoms with Gasteiger partial charge in [0.05, 0.1) is 5.52 Å². The molecule has 2 atom stereocenters. The molecule has 7 heteroatoms. The molecule has 7 nitrogen and oxygen atoms in total. The van der Waals surface area contributed by atoms with E-state index in [4.69, 9.17) is 0 Å². The number of hydrogen-bond donors (Lipinski definition) is 2. The number of likely N-dealkylation sites (tertiary alicyclic amines) is 1. The number of nitrogens with one attached hydrogen (secondary N) is 2. The summed E-state index contributed by atoms with van der Waals surface area (Å²) in [5, 5.41) is 11.8. The molecule has 1 aliphatic carbocycles. The lowest BCUT2D eigenvalue weighted by Gasteiger charge is -2.37. The van der Waals surface area contributed by atoms with Crippen molar-refractivity contribution in [3.05, 3.63) is 54.5 Å². The van der Waals surface area contributed by atoms with Gasteiger partial charge in [0, 0.05) is 53.7 Å². The summed E-state index contributed by atoms with van der Waals surface area (Å²) >= 11 is 0. The maximum atomic E-state index is 13.0. The Bertz CT molecular complexity index is 1270. The molecule has 4 aromatic rings. The average Bonchev–Trinajstić information content (AvgIpc) is 3.35. The zero-order valence-corrected chi connectivity index (χ0v) is 17.6. The van der Waals surface area contributed by atoms with Crippen LogP contribution in [0.5, 0.6) is 0 Å². The van der Waals surface area contributed by atoms with Gasteiger partial charge in [0.2, 0.25) is 0 Å². The summed E-state index contributed by atoms with van der Waals surface area (Å²) in [5.41, 5.74) is 4.30. The Balaban J connectivity index is 1.24. The van der Waals surface area contributed by atoms with Crippen molar-refractivity contribution in [3.63, 3.8) is 0 Å². The van der Waals surface area contributed by atoms with Gasteiger partial charge in [0.25, 0.3) is 5.91 Å². The standard InChI is InChI=1S/C24H26N6O/c1-29-14-18(6-8-21(29)15-2-3-15)26-24(31)16-4-7-20-19(12-16)23(28-27-20)17-5-9-22-25-10-11-30(22)13-17/h4-5,7,9-13,15,18,21H,2-3,6,8,14H2,1H3,(H,26,31)(H,27,28). The van der Waals surface area contributed by atoms with Crippen LogP contribution in [0.15, 0.2) is 48.9 Å². The number of nitrogens with zero attached hydrogens (tertiary/aromatic N) is 4. The van der Waals surface area contributed by atoms with E-state index >= 15 is 0 Å². The van der Waals surface area contributed by atoms with E-state index in [1.54, 1.807) is 6.20 Å². The lowest BCUT2D eigenvalue weighted by atomic mass is 9.95. The summed E-state index contributed by atoms with van der Waals surface area (Å²) in [4.78, 5) is 19.8. The Labute approximate surface area is 180 Å². The SMILES string of the molecule is CN1CC(NC(=O)c2ccc3[nH]nc(-c4ccc5nccn5c4)c3c2)CCC1C1CC1. The number of carbonyl (C=O) groups excluding carboxylic acids is 1. The summed E-state index contributed by atoms with van der Waals surface area (Å²) in [6.45, 7) is 0.928. The number of pyridine rings is 1. The van der Waals surface area contributed by atoms with Gasteiger partial charge in [-0.1, -0.05) is 0 Å². The van der Waals surface area contributed by atoms with Crippen LogP contribution in [-0.2, 0) is 0 Å². The largest absolute Gasteiger partial charge is 0.348 e. The van der Waals surface area contributed by atoms with Crippen LogP contribution in [0.1, 0.15) is 36.0 Å². The van der Waals surface area contributed by atoms with Crippen LogP contribution in [0.3, 0.4) is 0 Å². The van der Waals surface area contributed by atoms with E-state index in [0.29, 0.717) is 11.6 Å². The molecular formula is C24H26N6O. The first-order chi connectivity index (χ1) is 15.2. The molecule has 1 amide bonds. The number of fused-ring (bicyclic) bond motifs is 2. The van der Waals surface area contributed by atoms with E-state index in [1.165, 1.54) is 19.3 Å². The normalized spacial score (nSPS) is 22.2. The van der Waals surface area contributed by atoms with Crippen LogP contribution in [-0.4, -0.2) is 56.1 Å². The van der Waals surface area contributed by atoms with Crippen molar-refractivity contribution in [2.24, 2.45) is 5.92 Å². The Morgan fingerprint density at radius 3 is 2.90 bits per heavy atom. The molecule has 4 heterocycles. The fourth-order valence-electron chi connectivity index (χ4n) is 5.07. The van der Waals surface area contributed by atoms with Gasteiger partial charge in [-0.05, 0) is 69.0 Å². The van der Waals surface area contributed by atoms with Gasteiger partial charge in [0.15, 0.2) is 0 Å². The highest BCUT2D eigenvalue weighted by molar-refractivity contribution is 6.01.